The Labute approximate surface area is 219 Å². The number of aryl methyl sites for hydroxylation is 1. The summed E-state index contributed by atoms with van der Waals surface area (Å²) in [5.41, 5.74) is 1.23. The van der Waals surface area contributed by atoms with Crippen LogP contribution in [-0.4, -0.2) is 26.2 Å². The van der Waals surface area contributed by atoms with Gasteiger partial charge in [-0.05, 0) is 73.2 Å². The van der Waals surface area contributed by atoms with E-state index in [9.17, 15) is 9.59 Å². The fraction of sp³-hybridized carbons (Fsp3) is 0.111. The lowest BCUT2D eigenvalue weighted by molar-refractivity contribution is 0.0555. The van der Waals surface area contributed by atoms with Crippen LogP contribution in [0.5, 0.6) is 0 Å². The van der Waals surface area contributed by atoms with Crippen molar-refractivity contribution in [3.8, 4) is 39.7 Å². The van der Waals surface area contributed by atoms with Crippen molar-refractivity contribution in [2.75, 3.05) is 14.2 Å². The number of carbonyl (C=O) groups excluding carboxylic acids is 2. The van der Waals surface area contributed by atoms with E-state index in [1.165, 1.54) is 43.5 Å². The van der Waals surface area contributed by atoms with Crippen LogP contribution in [0, 0.1) is 6.92 Å². The minimum Gasteiger partial charge on any atom is -0.465 e. The van der Waals surface area contributed by atoms with Gasteiger partial charge in [0.1, 0.15) is 0 Å². The van der Waals surface area contributed by atoms with Gasteiger partial charge in [0.15, 0.2) is 0 Å². The first kappa shape index (κ1) is 23.7. The number of carbonyl (C=O) groups is 2. The molecule has 0 aliphatic carbocycles. The summed E-state index contributed by atoms with van der Waals surface area (Å²) >= 11 is 7.06. The summed E-state index contributed by atoms with van der Waals surface area (Å²) in [5, 5.41) is 0. The van der Waals surface area contributed by atoms with Gasteiger partial charge in [0.05, 0.1) is 25.3 Å². The number of thiophene rings is 4. The van der Waals surface area contributed by atoms with Gasteiger partial charge in [0, 0.05) is 39.0 Å². The number of hydrogen-bond acceptors (Lipinski definition) is 8. The Morgan fingerprint density at radius 3 is 1.46 bits per heavy atom. The van der Waals surface area contributed by atoms with E-state index >= 15 is 0 Å². The molecule has 5 aromatic rings. The van der Waals surface area contributed by atoms with E-state index in [2.05, 4.69) is 49.4 Å². The minimum atomic E-state index is -0.569. The highest BCUT2D eigenvalue weighted by Gasteiger charge is 2.20. The van der Waals surface area contributed by atoms with Crippen molar-refractivity contribution in [3.63, 3.8) is 0 Å². The van der Waals surface area contributed by atoms with Gasteiger partial charge in [0.25, 0.3) is 0 Å². The molecule has 0 aliphatic rings. The predicted molar refractivity (Wildman–Crippen MR) is 147 cm³/mol. The van der Waals surface area contributed by atoms with Gasteiger partial charge in [-0.1, -0.05) is 6.07 Å². The molecule has 0 spiro atoms. The average molecular weight is 537 g/mol. The maximum Gasteiger partial charge on any atom is 0.338 e. The zero-order valence-electron chi connectivity index (χ0n) is 19.1. The van der Waals surface area contributed by atoms with E-state index in [4.69, 9.17) is 9.47 Å². The number of ether oxygens (including phenoxy) is 2. The van der Waals surface area contributed by atoms with E-state index in [1.807, 2.05) is 34.8 Å². The zero-order valence-corrected chi connectivity index (χ0v) is 22.4. The zero-order chi connectivity index (χ0) is 24.5. The fourth-order valence-corrected chi connectivity index (χ4v) is 7.82. The maximum absolute atomic E-state index is 12.3. The van der Waals surface area contributed by atoms with Crippen LogP contribution in [0.1, 0.15) is 25.6 Å². The third-order valence-electron chi connectivity index (χ3n) is 5.40. The molecule has 0 unspecified atom stereocenters. The van der Waals surface area contributed by atoms with Crippen molar-refractivity contribution in [2.24, 2.45) is 0 Å². The van der Waals surface area contributed by atoms with Crippen LogP contribution in [0.4, 0.5) is 0 Å². The van der Waals surface area contributed by atoms with Crippen LogP contribution in [0.15, 0.2) is 66.7 Å². The minimum absolute atomic E-state index is 0.191. The Morgan fingerprint density at radius 2 is 0.971 bits per heavy atom. The molecule has 4 heterocycles. The Balaban J connectivity index is 1.41. The second-order valence-electron chi connectivity index (χ2n) is 7.65. The summed E-state index contributed by atoms with van der Waals surface area (Å²) in [6.45, 7) is 2.13. The highest BCUT2D eigenvalue weighted by atomic mass is 32.1. The largest absolute Gasteiger partial charge is 0.465 e. The molecule has 1 aromatic carbocycles. The molecule has 4 nitrogen and oxygen atoms in total. The Hall–Kier alpha value is -3.04. The molecule has 0 bridgehead atoms. The third-order valence-corrected chi connectivity index (χ3v) is 10.3. The SMILES string of the molecule is COC(=O)c1ccc(-c2ccc(-c3ccc(-c4ccc(-c5ccc(C)s5)s4)s3)s2)cc1C(=O)OC. The van der Waals surface area contributed by atoms with Crippen LogP contribution in [0.2, 0.25) is 0 Å². The normalized spacial score (nSPS) is 10.9. The standard InChI is InChI=1S/C27H20O4S4/c1-15-4-7-20(32-15)21-10-11-24(34-21)25-13-12-23(35-25)22-9-8-19(33-22)16-5-6-17(26(28)30-2)18(14-16)27(29)31-3/h4-14H,1-3H3. The first-order valence-corrected chi connectivity index (χ1v) is 13.9. The van der Waals surface area contributed by atoms with Gasteiger partial charge in [-0.25, -0.2) is 9.59 Å². The average Bonchev–Trinajstić information content (AvgIpc) is 3.67. The molecule has 0 N–H and O–H groups in total. The van der Waals surface area contributed by atoms with E-state index in [-0.39, 0.29) is 11.1 Å². The lowest BCUT2D eigenvalue weighted by Gasteiger charge is -2.08. The maximum atomic E-state index is 12.3. The molecule has 0 radical (unpaired) electrons. The highest BCUT2D eigenvalue weighted by Crippen LogP contribution is 2.44. The molecule has 0 saturated heterocycles. The van der Waals surface area contributed by atoms with Crippen molar-refractivity contribution in [2.45, 2.75) is 6.92 Å². The number of rotatable bonds is 6. The van der Waals surface area contributed by atoms with Gasteiger partial charge >= 0.3 is 11.9 Å². The van der Waals surface area contributed by atoms with E-state index in [1.54, 1.807) is 34.8 Å². The topological polar surface area (TPSA) is 52.6 Å². The second kappa shape index (κ2) is 9.91. The van der Waals surface area contributed by atoms with Crippen molar-refractivity contribution in [1.29, 1.82) is 0 Å². The van der Waals surface area contributed by atoms with Crippen LogP contribution >= 0.6 is 45.3 Å². The summed E-state index contributed by atoms with van der Waals surface area (Å²) in [4.78, 5) is 34.1. The van der Waals surface area contributed by atoms with Crippen LogP contribution < -0.4 is 0 Å². The molecule has 8 heteroatoms. The molecule has 0 amide bonds. The summed E-state index contributed by atoms with van der Waals surface area (Å²) < 4.78 is 9.68. The molecule has 0 atom stereocenters. The van der Waals surface area contributed by atoms with Gasteiger partial charge in [-0.2, -0.15) is 0 Å². The summed E-state index contributed by atoms with van der Waals surface area (Å²) in [6.07, 6.45) is 0. The monoisotopic (exact) mass is 536 g/mol. The second-order valence-corrected chi connectivity index (χ2v) is 12.2. The van der Waals surface area contributed by atoms with Crippen molar-refractivity contribution < 1.29 is 19.1 Å². The fourth-order valence-electron chi connectivity index (χ4n) is 3.66. The molecule has 0 saturated carbocycles. The van der Waals surface area contributed by atoms with Crippen LogP contribution in [0.3, 0.4) is 0 Å². The van der Waals surface area contributed by atoms with Gasteiger partial charge in [-0.15, -0.1) is 45.3 Å². The van der Waals surface area contributed by atoms with Crippen molar-refractivity contribution >= 4 is 57.3 Å². The van der Waals surface area contributed by atoms with E-state index < -0.39 is 11.9 Å². The Bertz CT molecular complexity index is 1530. The van der Waals surface area contributed by atoms with Crippen LogP contribution in [0.25, 0.3) is 39.7 Å². The number of hydrogen-bond donors (Lipinski definition) is 0. The number of esters is 2. The molecular weight excluding hydrogens is 517 g/mol. The molecule has 4 aromatic heterocycles. The molecule has 35 heavy (non-hydrogen) atoms. The molecular formula is C27H20O4S4. The van der Waals surface area contributed by atoms with E-state index in [0.717, 1.165) is 15.3 Å². The number of benzene rings is 1. The predicted octanol–water partition coefficient (Wildman–Crippen LogP) is 8.48. The Morgan fingerprint density at radius 1 is 0.543 bits per heavy atom. The molecule has 0 fully saturated rings. The van der Waals surface area contributed by atoms with Gasteiger partial charge in [-0.3, -0.25) is 0 Å². The summed E-state index contributed by atoms with van der Waals surface area (Å²) in [7, 11) is 2.59. The van der Waals surface area contributed by atoms with Crippen molar-refractivity contribution in [3.05, 3.63) is 82.7 Å². The smallest absolute Gasteiger partial charge is 0.338 e. The lowest BCUT2D eigenvalue weighted by Crippen LogP contribution is -2.11. The Kier molecular flexibility index (Phi) is 6.71. The highest BCUT2D eigenvalue weighted by molar-refractivity contribution is 7.29. The lowest BCUT2D eigenvalue weighted by atomic mass is 10.0. The molecule has 5 rings (SSSR count). The molecule has 176 valence electrons. The first-order valence-electron chi connectivity index (χ1n) is 10.6. The summed E-state index contributed by atoms with van der Waals surface area (Å²) in [5.74, 6) is -1.14. The van der Waals surface area contributed by atoms with Crippen molar-refractivity contribution in [1.82, 2.24) is 0 Å². The van der Waals surface area contributed by atoms with Crippen LogP contribution in [-0.2, 0) is 9.47 Å². The quantitative estimate of drug-likeness (QED) is 0.204. The first-order chi connectivity index (χ1) is 17.0. The van der Waals surface area contributed by atoms with E-state index in [0.29, 0.717) is 0 Å². The molecule has 0 aliphatic heterocycles. The number of methoxy groups -OCH3 is 2. The third kappa shape index (κ3) is 4.75. The van der Waals surface area contributed by atoms with Gasteiger partial charge in [0.2, 0.25) is 0 Å². The van der Waals surface area contributed by atoms with Gasteiger partial charge < -0.3 is 9.47 Å². The summed E-state index contributed by atoms with van der Waals surface area (Å²) in [6, 6.07) is 22.3.